The molecule has 4 aliphatic rings. The Bertz CT molecular complexity index is 496. The highest BCUT2D eigenvalue weighted by Crippen LogP contribution is 2.65. The Hall–Kier alpha value is -1.02. The van der Waals surface area contributed by atoms with Crippen LogP contribution in [-0.2, 0) is 0 Å². The summed E-state index contributed by atoms with van der Waals surface area (Å²) >= 11 is 0. The largest absolute Gasteiger partial charge is 0.384 e. The van der Waals surface area contributed by atoms with E-state index in [4.69, 9.17) is 0 Å². The van der Waals surface area contributed by atoms with Crippen molar-refractivity contribution in [1.82, 2.24) is 5.32 Å². The van der Waals surface area contributed by atoms with Crippen LogP contribution in [0, 0.1) is 23.7 Å². The molecule has 2 N–H and O–H groups in total. The molecule has 0 amide bonds. The highest BCUT2D eigenvalue weighted by molar-refractivity contribution is 5.57. The molecule has 0 radical (unpaired) electrons. The van der Waals surface area contributed by atoms with Gasteiger partial charge in [-0.05, 0) is 54.6 Å². The van der Waals surface area contributed by atoms with Crippen molar-refractivity contribution in [3.63, 3.8) is 0 Å². The van der Waals surface area contributed by atoms with Crippen LogP contribution in [-0.4, -0.2) is 19.1 Å². The van der Waals surface area contributed by atoms with Gasteiger partial charge in [-0.2, -0.15) is 0 Å². The quantitative estimate of drug-likeness (QED) is 0.866. The van der Waals surface area contributed by atoms with Gasteiger partial charge in [0, 0.05) is 30.7 Å². The molecule has 1 aromatic rings. The Morgan fingerprint density at radius 3 is 2.74 bits per heavy atom. The van der Waals surface area contributed by atoms with Crippen molar-refractivity contribution in [2.45, 2.75) is 31.2 Å². The first-order chi connectivity index (χ1) is 9.42. The third kappa shape index (κ3) is 1.47. The molecule has 100 valence electrons. The normalized spacial score (nSPS) is 44.8. The summed E-state index contributed by atoms with van der Waals surface area (Å²) in [5.41, 5.74) is 2.87. The van der Waals surface area contributed by atoms with Gasteiger partial charge in [0.15, 0.2) is 0 Å². The van der Waals surface area contributed by atoms with Crippen molar-refractivity contribution >= 4 is 5.69 Å². The Balaban J connectivity index is 1.25. The average Bonchev–Trinajstić information content (AvgIpc) is 2.85. The topological polar surface area (TPSA) is 24.1 Å². The van der Waals surface area contributed by atoms with Crippen LogP contribution in [0.1, 0.15) is 30.7 Å². The fourth-order valence-electron chi connectivity index (χ4n) is 5.42. The van der Waals surface area contributed by atoms with Gasteiger partial charge in [-0.3, -0.25) is 0 Å². The highest BCUT2D eigenvalue weighted by atomic mass is 15.0. The van der Waals surface area contributed by atoms with E-state index in [0.717, 1.165) is 36.3 Å². The second-order valence-corrected chi connectivity index (χ2v) is 7.09. The number of anilines is 1. The molecule has 0 saturated heterocycles. The second-order valence-electron chi connectivity index (χ2n) is 7.09. The minimum atomic E-state index is 0.676. The van der Waals surface area contributed by atoms with E-state index in [2.05, 4.69) is 34.9 Å². The zero-order valence-corrected chi connectivity index (χ0v) is 11.3. The number of fused-ring (bicyclic) bond motifs is 6. The molecule has 19 heavy (non-hydrogen) atoms. The number of benzene rings is 1. The summed E-state index contributed by atoms with van der Waals surface area (Å²) in [5, 5.41) is 7.44. The monoisotopic (exact) mass is 254 g/mol. The van der Waals surface area contributed by atoms with Crippen molar-refractivity contribution in [2.24, 2.45) is 23.7 Å². The summed E-state index contributed by atoms with van der Waals surface area (Å²) < 4.78 is 0. The van der Waals surface area contributed by atoms with E-state index < -0.39 is 0 Å². The molecule has 2 bridgehead atoms. The summed E-state index contributed by atoms with van der Waals surface area (Å²) in [6.07, 6.45) is 4.61. The van der Waals surface area contributed by atoms with E-state index in [0.29, 0.717) is 5.92 Å². The highest BCUT2D eigenvalue weighted by Gasteiger charge is 2.64. The Kier molecular flexibility index (Phi) is 2.12. The molecule has 2 nitrogen and oxygen atoms in total. The van der Waals surface area contributed by atoms with Crippen LogP contribution in [0.15, 0.2) is 24.3 Å². The lowest BCUT2D eigenvalue weighted by atomic mass is 10.0. The fraction of sp³-hybridized carbons (Fsp3) is 0.647. The minimum absolute atomic E-state index is 0.676. The van der Waals surface area contributed by atoms with Crippen LogP contribution in [0.2, 0.25) is 0 Å². The average molecular weight is 254 g/mol. The van der Waals surface area contributed by atoms with Crippen LogP contribution in [0.25, 0.3) is 0 Å². The molecule has 1 aromatic carbocycles. The molecule has 0 aromatic heterocycles. The smallest absolute Gasteiger partial charge is 0.0376 e. The van der Waals surface area contributed by atoms with Gasteiger partial charge in [0.1, 0.15) is 0 Å². The fourth-order valence-corrected chi connectivity index (χ4v) is 5.42. The van der Waals surface area contributed by atoms with E-state index in [1.807, 2.05) is 0 Å². The van der Waals surface area contributed by atoms with Crippen LogP contribution >= 0.6 is 0 Å². The SMILES string of the molecule is c1ccc2c(c1)NCC2CNC1C2C3CCC(C3)C12. The second kappa shape index (κ2) is 3.76. The van der Waals surface area contributed by atoms with Gasteiger partial charge in [0.25, 0.3) is 0 Å². The maximum absolute atomic E-state index is 3.90. The molecule has 1 heterocycles. The molecule has 2 heteroatoms. The van der Waals surface area contributed by atoms with Gasteiger partial charge in [-0.25, -0.2) is 0 Å². The van der Waals surface area contributed by atoms with Gasteiger partial charge in [0.2, 0.25) is 0 Å². The number of hydrogen-bond donors (Lipinski definition) is 2. The Morgan fingerprint density at radius 1 is 1.11 bits per heavy atom. The van der Waals surface area contributed by atoms with E-state index in [9.17, 15) is 0 Å². The number of nitrogens with one attached hydrogen (secondary N) is 2. The molecule has 3 saturated carbocycles. The summed E-state index contributed by atoms with van der Waals surface area (Å²) in [6.45, 7) is 2.28. The molecular weight excluding hydrogens is 232 g/mol. The zero-order valence-electron chi connectivity index (χ0n) is 11.3. The number of rotatable bonds is 3. The molecular formula is C17H22N2. The van der Waals surface area contributed by atoms with Crippen molar-refractivity contribution < 1.29 is 0 Å². The minimum Gasteiger partial charge on any atom is -0.384 e. The Labute approximate surface area is 115 Å². The van der Waals surface area contributed by atoms with Gasteiger partial charge in [0.05, 0.1) is 0 Å². The maximum Gasteiger partial charge on any atom is 0.0376 e. The van der Waals surface area contributed by atoms with Crippen LogP contribution in [0.4, 0.5) is 5.69 Å². The predicted octanol–water partition coefficient (Wildman–Crippen LogP) is 2.83. The first kappa shape index (κ1) is 10.7. The van der Waals surface area contributed by atoms with Gasteiger partial charge < -0.3 is 10.6 Å². The summed E-state index contributed by atoms with van der Waals surface area (Å²) in [4.78, 5) is 0. The molecule has 5 unspecified atom stereocenters. The van der Waals surface area contributed by atoms with Crippen molar-refractivity contribution in [3.8, 4) is 0 Å². The summed E-state index contributed by atoms with van der Waals surface area (Å²) in [6, 6.07) is 9.68. The third-order valence-electron chi connectivity index (χ3n) is 6.27. The van der Waals surface area contributed by atoms with Gasteiger partial charge in [-0.15, -0.1) is 0 Å². The van der Waals surface area contributed by atoms with Crippen LogP contribution in [0.5, 0.6) is 0 Å². The molecule has 5 atom stereocenters. The van der Waals surface area contributed by atoms with E-state index >= 15 is 0 Å². The van der Waals surface area contributed by atoms with Crippen molar-refractivity contribution in [2.75, 3.05) is 18.4 Å². The standard InChI is InChI=1S/C17H22N2/c1-2-4-14-13(3-1)12(8-18-14)9-19-17-15-10-5-6-11(7-10)16(15)17/h1-4,10-12,15-19H,5-9H2. The Morgan fingerprint density at radius 2 is 1.89 bits per heavy atom. The predicted molar refractivity (Wildman–Crippen MR) is 77.3 cm³/mol. The van der Waals surface area contributed by atoms with E-state index in [1.54, 1.807) is 6.42 Å². The zero-order chi connectivity index (χ0) is 12.4. The maximum atomic E-state index is 3.90. The first-order valence-corrected chi connectivity index (χ1v) is 7.98. The van der Waals surface area contributed by atoms with Gasteiger partial charge >= 0.3 is 0 Å². The van der Waals surface area contributed by atoms with E-state index in [1.165, 1.54) is 30.6 Å². The molecule has 3 aliphatic carbocycles. The molecule has 5 rings (SSSR count). The summed E-state index contributed by atoms with van der Waals surface area (Å²) in [7, 11) is 0. The number of para-hydroxylation sites is 1. The van der Waals surface area contributed by atoms with Crippen LogP contribution in [0.3, 0.4) is 0 Å². The lowest BCUT2D eigenvalue weighted by molar-refractivity contribution is 0.453. The molecule has 3 fully saturated rings. The third-order valence-corrected chi connectivity index (χ3v) is 6.27. The lowest BCUT2D eigenvalue weighted by Crippen LogP contribution is -2.28. The van der Waals surface area contributed by atoms with E-state index in [-0.39, 0.29) is 0 Å². The first-order valence-electron chi connectivity index (χ1n) is 7.98. The summed E-state index contributed by atoms with van der Waals surface area (Å²) in [5.74, 6) is 4.96. The molecule has 0 spiro atoms. The molecule has 1 aliphatic heterocycles. The van der Waals surface area contributed by atoms with Crippen LogP contribution < -0.4 is 10.6 Å². The van der Waals surface area contributed by atoms with Crippen molar-refractivity contribution in [3.05, 3.63) is 29.8 Å². The van der Waals surface area contributed by atoms with Crippen molar-refractivity contribution in [1.29, 1.82) is 0 Å². The number of hydrogen-bond acceptors (Lipinski definition) is 2. The lowest BCUT2D eigenvalue weighted by Gasteiger charge is -2.14. The van der Waals surface area contributed by atoms with Gasteiger partial charge in [-0.1, -0.05) is 18.2 Å².